The van der Waals surface area contributed by atoms with Crippen LogP contribution < -0.4 is 5.56 Å². The molecule has 21 heavy (non-hydrogen) atoms. The lowest BCUT2D eigenvalue weighted by Crippen LogP contribution is -2.26. The third kappa shape index (κ3) is 2.43. The Morgan fingerprint density at radius 3 is 2.76 bits per heavy atom. The lowest BCUT2D eigenvalue weighted by Gasteiger charge is -2.17. The number of fused-ring (bicyclic) bond motifs is 1. The van der Waals surface area contributed by atoms with Gasteiger partial charge in [0.1, 0.15) is 0 Å². The molecule has 0 N–H and O–H groups in total. The molecular formula is C16H14ClN3O. The van der Waals surface area contributed by atoms with E-state index in [0.29, 0.717) is 15.9 Å². The van der Waals surface area contributed by atoms with Gasteiger partial charge in [-0.05, 0) is 30.7 Å². The average molecular weight is 300 g/mol. The van der Waals surface area contributed by atoms with Crippen LogP contribution >= 0.6 is 11.6 Å². The summed E-state index contributed by atoms with van der Waals surface area (Å²) in [5.41, 5.74) is 1.32. The van der Waals surface area contributed by atoms with Crippen LogP contribution in [0.25, 0.3) is 10.9 Å². The van der Waals surface area contributed by atoms with Gasteiger partial charge in [-0.15, -0.1) is 0 Å². The van der Waals surface area contributed by atoms with Crippen LogP contribution in [0.4, 0.5) is 0 Å². The van der Waals surface area contributed by atoms with E-state index in [1.807, 2.05) is 25.1 Å². The Hall–Kier alpha value is -2.20. The zero-order chi connectivity index (χ0) is 14.8. The third-order valence-corrected chi connectivity index (χ3v) is 3.83. The Morgan fingerprint density at radius 2 is 2.05 bits per heavy atom. The van der Waals surface area contributed by atoms with Gasteiger partial charge < -0.3 is 0 Å². The molecule has 3 aromatic rings. The number of nitrogens with zero attached hydrogens (tertiary/aromatic N) is 3. The first-order valence-corrected chi connectivity index (χ1v) is 7.16. The van der Waals surface area contributed by atoms with Crippen molar-refractivity contribution in [3.63, 3.8) is 0 Å². The standard InChI is InChI=1S/C16H14ClN3O/c1-2-14(12-7-3-4-9-18-12)20-10-19-13-8-5-6-11(17)15(13)16(20)21/h3-10,14H,2H2,1H3/t14-/m0/s1. The molecule has 0 spiro atoms. The van der Waals surface area contributed by atoms with Crippen molar-refractivity contribution in [2.75, 3.05) is 0 Å². The zero-order valence-electron chi connectivity index (χ0n) is 11.5. The maximum absolute atomic E-state index is 12.7. The van der Waals surface area contributed by atoms with E-state index in [9.17, 15) is 4.79 Å². The van der Waals surface area contributed by atoms with Crippen molar-refractivity contribution in [3.8, 4) is 0 Å². The van der Waals surface area contributed by atoms with Gasteiger partial charge in [0.2, 0.25) is 0 Å². The van der Waals surface area contributed by atoms with E-state index in [-0.39, 0.29) is 11.6 Å². The molecule has 0 bridgehead atoms. The SMILES string of the molecule is CC[C@@H](c1ccccn1)n1cnc2cccc(Cl)c2c1=O. The smallest absolute Gasteiger partial charge is 0.263 e. The van der Waals surface area contributed by atoms with Crippen molar-refractivity contribution < 1.29 is 0 Å². The van der Waals surface area contributed by atoms with Gasteiger partial charge in [-0.25, -0.2) is 4.98 Å². The van der Waals surface area contributed by atoms with Crippen LogP contribution in [0.5, 0.6) is 0 Å². The number of hydrogen-bond acceptors (Lipinski definition) is 3. The van der Waals surface area contributed by atoms with Crippen LogP contribution in [-0.2, 0) is 0 Å². The predicted molar refractivity (Wildman–Crippen MR) is 83.7 cm³/mol. The molecule has 1 aromatic carbocycles. The van der Waals surface area contributed by atoms with Crippen LogP contribution in [0.3, 0.4) is 0 Å². The summed E-state index contributed by atoms with van der Waals surface area (Å²) in [6, 6.07) is 10.8. The van der Waals surface area contributed by atoms with E-state index < -0.39 is 0 Å². The van der Waals surface area contributed by atoms with Gasteiger partial charge in [-0.2, -0.15) is 0 Å². The second-order valence-corrected chi connectivity index (χ2v) is 5.18. The molecular weight excluding hydrogens is 286 g/mol. The van der Waals surface area contributed by atoms with Gasteiger partial charge in [0, 0.05) is 6.20 Å². The summed E-state index contributed by atoms with van der Waals surface area (Å²) in [5, 5.41) is 0.881. The van der Waals surface area contributed by atoms with Gasteiger partial charge in [0.05, 0.1) is 34.0 Å². The monoisotopic (exact) mass is 299 g/mol. The minimum absolute atomic E-state index is 0.136. The molecule has 1 atom stereocenters. The molecule has 0 aliphatic carbocycles. The second-order valence-electron chi connectivity index (χ2n) is 4.77. The lowest BCUT2D eigenvalue weighted by atomic mass is 10.1. The highest BCUT2D eigenvalue weighted by molar-refractivity contribution is 6.35. The van der Waals surface area contributed by atoms with E-state index in [1.54, 1.807) is 35.3 Å². The molecule has 0 aliphatic rings. The van der Waals surface area contributed by atoms with Gasteiger partial charge in [0.15, 0.2) is 0 Å². The fourth-order valence-electron chi connectivity index (χ4n) is 2.48. The largest absolute Gasteiger partial charge is 0.289 e. The van der Waals surface area contributed by atoms with Gasteiger partial charge >= 0.3 is 0 Å². The van der Waals surface area contributed by atoms with Crippen molar-refractivity contribution in [3.05, 3.63) is 70.0 Å². The number of rotatable bonds is 3. The highest BCUT2D eigenvalue weighted by Gasteiger charge is 2.16. The molecule has 0 saturated carbocycles. The summed E-state index contributed by atoms with van der Waals surface area (Å²) in [7, 11) is 0. The summed E-state index contributed by atoms with van der Waals surface area (Å²) < 4.78 is 1.61. The predicted octanol–water partition coefficient (Wildman–Crippen LogP) is 3.44. The zero-order valence-corrected chi connectivity index (χ0v) is 12.3. The van der Waals surface area contributed by atoms with Crippen LogP contribution in [0.2, 0.25) is 5.02 Å². The Morgan fingerprint density at radius 1 is 1.19 bits per heavy atom. The molecule has 3 rings (SSSR count). The first-order valence-electron chi connectivity index (χ1n) is 6.78. The number of halogens is 1. The van der Waals surface area contributed by atoms with Gasteiger partial charge in [-0.1, -0.05) is 30.7 Å². The molecule has 0 fully saturated rings. The fourth-order valence-corrected chi connectivity index (χ4v) is 2.73. The normalized spacial score (nSPS) is 12.5. The van der Waals surface area contributed by atoms with E-state index in [2.05, 4.69) is 9.97 Å². The van der Waals surface area contributed by atoms with E-state index >= 15 is 0 Å². The molecule has 0 aliphatic heterocycles. The number of benzene rings is 1. The molecule has 106 valence electrons. The van der Waals surface area contributed by atoms with Crippen LogP contribution in [0.1, 0.15) is 25.1 Å². The highest BCUT2D eigenvalue weighted by Crippen LogP contribution is 2.21. The van der Waals surface area contributed by atoms with Gasteiger partial charge in [-0.3, -0.25) is 14.3 Å². The summed E-state index contributed by atoms with van der Waals surface area (Å²) in [4.78, 5) is 21.4. The minimum Gasteiger partial charge on any atom is -0.289 e. The summed E-state index contributed by atoms with van der Waals surface area (Å²) in [6.45, 7) is 2.02. The van der Waals surface area contributed by atoms with E-state index in [4.69, 9.17) is 11.6 Å². The molecule has 0 unspecified atom stereocenters. The molecule has 2 heterocycles. The summed E-state index contributed by atoms with van der Waals surface area (Å²) in [6.07, 6.45) is 4.04. The summed E-state index contributed by atoms with van der Waals surface area (Å²) >= 11 is 6.16. The maximum atomic E-state index is 12.7. The third-order valence-electron chi connectivity index (χ3n) is 3.51. The van der Waals surface area contributed by atoms with E-state index in [0.717, 1.165) is 12.1 Å². The first kappa shape index (κ1) is 13.8. The number of aromatic nitrogens is 3. The summed E-state index contributed by atoms with van der Waals surface area (Å²) in [5.74, 6) is 0. The second kappa shape index (κ2) is 5.66. The van der Waals surface area contributed by atoms with Crippen LogP contribution in [-0.4, -0.2) is 14.5 Å². The van der Waals surface area contributed by atoms with E-state index in [1.165, 1.54) is 0 Å². The Balaban J connectivity index is 2.23. The molecule has 0 amide bonds. The number of hydrogen-bond donors (Lipinski definition) is 0. The number of pyridine rings is 1. The molecule has 5 heteroatoms. The Kier molecular flexibility index (Phi) is 3.71. The quantitative estimate of drug-likeness (QED) is 0.744. The van der Waals surface area contributed by atoms with Crippen molar-refractivity contribution in [2.45, 2.75) is 19.4 Å². The maximum Gasteiger partial charge on any atom is 0.263 e. The topological polar surface area (TPSA) is 47.8 Å². The lowest BCUT2D eigenvalue weighted by molar-refractivity contribution is 0.531. The molecule has 0 saturated heterocycles. The first-order chi connectivity index (χ1) is 10.2. The van der Waals surface area contributed by atoms with Gasteiger partial charge in [0.25, 0.3) is 5.56 Å². The molecule has 4 nitrogen and oxygen atoms in total. The Bertz CT molecular complexity index is 830. The molecule has 2 aromatic heterocycles. The van der Waals surface area contributed by atoms with Crippen LogP contribution in [0, 0.1) is 0 Å². The average Bonchev–Trinajstić information content (AvgIpc) is 2.51. The fraction of sp³-hybridized carbons (Fsp3) is 0.188. The minimum atomic E-state index is -0.146. The highest BCUT2D eigenvalue weighted by atomic mass is 35.5. The van der Waals surface area contributed by atoms with Crippen molar-refractivity contribution >= 4 is 22.5 Å². The van der Waals surface area contributed by atoms with Crippen molar-refractivity contribution in [1.29, 1.82) is 0 Å². The molecule has 0 radical (unpaired) electrons. The van der Waals surface area contributed by atoms with Crippen LogP contribution in [0.15, 0.2) is 53.7 Å². The van der Waals surface area contributed by atoms with Crippen molar-refractivity contribution in [1.82, 2.24) is 14.5 Å². The van der Waals surface area contributed by atoms with Crippen molar-refractivity contribution in [2.24, 2.45) is 0 Å². The Labute approximate surface area is 127 Å².